The number of anilines is 2. The van der Waals surface area contributed by atoms with E-state index in [-0.39, 0.29) is 17.3 Å². The molecule has 0 amide bonds. The van der Waals surface area contributed by atoms with Gasteiger partial charge >= 0.3 is 5.69 Å². The Morgan fingerprint density at radius 1 is 1.28 bits per heavy atom. The lowest BCUT2D eigenvalue weighted by Gasteiger charge is -1.90. The van der Waals surface area contributed by atoms with Crippen molar-refractivity contribution in [1.82, 2.24) is 19.9 Å². The number of nitrogens with one attached hydrogen (secondary N) is 2. The summed E-state index contributed by atoms with van der Waals surface area (Å²) in [5, 5.41) is 0. The lowest BCUT2D eigenvalue weighted by atomic mass is 10.5. The smallest absolute Gasteiger partial charge is 0.346 e. The molecule has 6 N–H and O–H groups in total. The van der Waals surface area contributed by atoms with Crippen molar-refractivity contribution in [2.24, 2.45) is 0 Å². The minimum atomic E-state index is -0.713. The molecule has 2 rings (SSSR count). The van der Waals surface area contributed by atoms with Crippen LogP contribution in [0.2, 0.25) is 0 Å². The van der Waals surface area contributed by atoms with Crippen LogP contribution in [0.4, 0.5) is 16.2 Å². The SMILES string of the molecule is Cc1cc(=O)[nH]c(N)n1.Nc1[nH]c(=O)ncc1F. The number of aromatic amines is 2. The van der Waals surface area contributed by atoms with Gasteiger partial charge in [0.05, 0.1) is 6.20 Å². The Morgan fingerprint density at radius 2 is 1.94 bits per heavy atom. The zero-order valence-electron chi connectivity index (χ0n) is 9.40. The van der Waals surface area contributed by atoms with Gasteiger partial charge in [0.25, 0.3) is 5.56 Å². The average molecular weight is 254 g/mol. The molecule has 0 aliphatic heterocycles. The van der Waals surface area contributed by atoms with Crippen LogP contribution in [0.1, 0.15) is 5.69 Å². The molecule has 2 aromatic rings. The van der Waals surface area contributed by atoms with Crippen molar-refractivity contribution in [3.05, 3.63) is 44.6 Å². The first-order valence-electron chi connectivity index (χ1n) is 4.72. The molecule has 0 aromatic carbocycles. The highest BCUT2D eigenvalue weighted by atomic mass is 19.1. The molecule has 9 heteroatoms. The molecule has 8 nitrogen and oxygen atoms in total. The Labute approximate surface area is 99.9 Å². The van der Waals surface area contributed by atoms with E-state index in [1.54, 1.807) is 6.92 Å². The Balaban J connectivity index is 0.000000180. The minimum Gasteiger partial charge on any atom is -0.383 e. The number of nitrogen functional groups attached to an aromatic ring is 2. The third-order valence-electron chi connectivity index (χ3n) is 1.68. The molecule has 18 heavy (non-hydrogen) atoms. The van der Waals surface area contributed by atoms with Gasteiger partial charge in [-0.3, -0.25) is 14.8 Å². The Kier molecular flexibility index (Phi) is 4.13. The molecule has 96 valence electrons. The van der Waals surface area contributed by atoms with E-state index in [9.17, 15) is 14.0 Å². The summed E-state index contributed by atoms with van der Waals surface area (Å²) in [7, 11) is 0. The molecule has 0 saturated carbocycles. The van der Waals surface area contributed by atoms with E-state index < -0.39 is 11.5 Å². The normalized spacial score (nSPS) is 9.44. The van der Waals surface area contributed by atoms with Crippen molar-refractivity contribution < 1.29 is 4.39 Å². The van der Waals surface area contributed by atoms with Gasteiger partial charge in [-0.05, 0) is 6.92 Å². The highest BCUT2D eigenvalue weighted by Gasteiger charge is 1.95. The van der Waals surface area contributed by atoms with Gasteiger partial charge in [0, 0.05) is 11.8 Å². The first-order chi connectivity index (χ1) is 8.38. The fourth-order valence-electron chi connectivity index (χ4n) is 0.994. The van der Waals surface area contributed by atoms with Crippen LogP contribution in [0, 0.1) is 12.7 Å². The zero-order chi connectivity index (χ0) is 13.7. The summed E-state index contributed by atoms with van der Waals surface area (Å²) in [6.07, 6.45) is 0.772. The second-order valence-corrected chi connectivity index (χ2v) is 3.22. The molecule has 2 aromatic heterocycles. The maximum absolute atomic E-state index is 12.1. The maximum Gasteiger partial charge on any atom is 0.346 e. The van der Waals surface area contributed by atoms with Crippen LogP contribution in [0.15, 0.2) is 21.9 Å². The number of rotatable bonds is 0. The summed E-state index contributed by atoms with van der Waals surface area (Å²) in [6, 6.07) is 1.39. The highest BCUT2D eigenvalue weighted by molar-refractivity contribution is 5.25. The Morgan fingerprint density at radius 3 is 2.39 bits per heavy atom. The highest BCUT2D eigenvalue weighted by Crippen LogP contribution is 1.96. The van der Waals surface area contributed by atoms with Crippen LogP contribution >= 0.6 is 0 Å². The molecule has 0 radical (unpaired) electrons. The van der Waals surface area contributed by atoms with E-state index in [0.29, 0.717) is 5.69 Å². The van der Waals surface area contributed by atoms with Crippen molar-refractivity contribution in [3.63, 3.8) is 0 Å². The van der Waals surface area contributed by atoms with Gasteiger partial charge in [-0.25, -0.2) is 14.2 Å². The number of nitrogens with two attached hydrogens (primary N) is 2. The lowest BCUT2D eigenvalue weighted by molar-refractivity contribution is 0.617. The number of nitrogens with zero attached hydrogens (tertiary/aromatic N) is 2. The van der Waals surface area contributed by atoms with Gasteiger partial charge in [0.2, 0.25) is 5.95 Å². The fraction of sp³-hybridized carbons (Fsp3) is 0.111. The summed E-state index contributed by atoms with van der Waals surface area (Å²) >= 11 is 0. The number of aromatic nitrogens is 4. The quantitative estimate of drug-likeness (QED) is 0.482. The van der Waals surface area contributed by atoms with Gasteiger partial charge in [0.1, 0.15) is 5.82 Å². The van der Waals surface area contributed by atoms with Crippen molar-refractivity contribution >= 4 is 11.8 Å². The summed E-state index contributed by atoms with van der Waals surface area (Å²) in [5.74, 6) is -0.829. The Bertz CT molecular complexity index is 627. The first-order valence-corrected chi connectivity index (χ1v) is 4.72. The lowest BCUT2D eigenvalue weighted by Crippen LogP contribution is -2.12. The molecule has 2 heterocycles. The molecular weight excluding hydrogens is 243 g/mol. The topological polar surface area (TPSA) is 144 Å². The number of halogens is 1. The third-order valence-corrected chi connectivity index (χ3v) is 1.68. The Hall–Kier alpha value is -2.71. The van der Waals surface area contributed by atoms with Crippen LogP contribution in [-0.4, -0.2) is 19.9 Å². The molecule has 0 fully saturated rings. The molecule has 0 aliphatic carbocycles. The van der Waals surface area contributed by atoms with Gasteiger partial charge in [-0.15, -0.1) is 0 Å². The second kappa shape index (κ2) is 5.57. The van der Waals surface area contributed by atoms with Crippen LogP contribution in [-0.2, 0) is 0 Å². The second-order valence-electron chi connectivity index (χ2n) is 3.22. The van der Waals surface area contributed by atoms with E-state index in [0.717, 1.165) is 6.20 Å². The van der Waals surface area contributed by atoms with Gasteiger partial charge in [-0.1, -0.05) is 0 Å². The average Bonchev–Trinajstić information content (AvgIpc) is 2.23. The van der Waals surface area contributed by atoms with Crippen LogP contribution in [0.3, 0.4) is 0 Å². The molecule has 0 aliphatic rings. The predicted molar refractivity (Wildman–Crippen MR) is 63.2 cm³/mol. The molecule has 0 saturated heterocycles. The van der Waals surface area contributed by atoms with Crippen molar-refractivity contribution in [2.45, 2.75) is 6.92 Å². The summed E-state index contributed by atoms with van der Waals surface area (Å²) in [6.45, 7) is 1.71. The van der Waals surface area contributed by atoms with Gasteiger partial charge < -0.3 is 11.5 Å². The molecule has 0 bridgehead atoms. The maximum atomic E-state index is 12.1. The largest absolute Gasteiger partial charge is 0.383 e. The van der Waals surface area contributed by atoms with Crippen molar-refractivity contribution in [1.29, 1.82) is 0 Å². The molecular formula is C9H11FN6O2. The van der Waals surface area contributed by atoms with E-state index >= 15 is 0 Å². The number of H-pyrrole nitrogens is 2. The first kappa shape index (κ1) is 13.4. The molecule has 0 atom stereocenters. The van der Waals surface area contributed by atoms with Crippen molar-refractivity contribution in [3.8, 4) is 0 Å². The molecule has 0 spiro atoms. The van der Waals surface area contributed by atoms with Crippen molar-refractivity contribution in [2.75, 3.05) is 11.5 Å². The zero-order valence-corrected chi connectivity index (χ0v) is 9.40. The van der Waals surface area contributed by atoms with Gasteiger partial charge in [0.15, 0.2) is 5.82 Å². The predicted octanol–water partition coefficient (Wildman–Crippen LogP) is -0.848. The summed E-state index contributed by atoms with van der Waals surface area (Å²) in [5.41, 5.74) is 9.93. The minimum absolute atomic E-state index is 0.167. The fourth-order valence-corrected chi connectivity index (χ4v) is 0.994. The van der Waals surface area contributed by atoms with E-state index in [1.807, 2.05) is 4.98 Å². The number of hydrogen-bond donors (Lipinski definition) is 4. The van der Waals surface area contributed by atoms with Crippen LogP contribution in [0.25, 0.3) is 0 Å². The van der Waals surface area contributed by atoms with E-state index in [2.05, 4.69) is 15.0 Å². The monoisotopic (exact) mass is 254 g/mol. The number of hydrogen-bond acceptors (Lipinski definition) is 6. The number of aryl methyl sites for hydroxylation is 1. The summed E-state index contributed by atoms with van der Waals surface area (Å²) in [4.78, 5) is 31.9. The standard InChI is InChI=1S/C5H7N3O.C4H4FN3O/c1-3-2-4(9)8-5(6)7-3;5-2-1-7-4(9)8-3(2)6/h2H,1H3,(H3,6,7,8,9);1H,(H3,6,7,8,9). The van der Waals surface area contributed by atoms with Gasteiger partial charge in [-0.2, -0.15) is 4.98 Å². The summed E-state index contributed by atoms with van der Waals surface area (Å²) < 4.78 is 12.1. The molecule has 0 unspecified atom stereocenters. The van der Waals surface area contributed by atoms with Crippen LogP contribution < -0.4 is 22.7 Å². The van der Waals surface area contributed by atoms with E-state index in [1.165, 1.54) is 6.07 Å². The van der Waals surface area contributed by atoms with E-state index in [4.69, 9.17) is 11.5 Å². The third kappa shape index (κ3) is 4.04. The van der Waals surface area contributed by atoms with Crippen LogP contribution in [0.5, 0.6) is 0 Å².